The van der Waals surface area contributed by atoms with E-state index >= 15 is 0 Å². The SMILES string of the molecule is COc1cccc(-c2cc(CN(Cc3ccc4c(c3)OCO4)C(=O)c3cccs3)no2)c1. The van der Waals surface area contributed by atoms with Gasteiger partial charge in [-0.25, -0.2) is 0 Å². The molecule has 8 heteroatoms. The zero-order valence-corrected chi connectivity index (χ0v) is 18.1. The van der Waals surface area contributed by atoms with Gasteiger partial charge in [0.25, 0.3) is 5.91 Å². The minimum Gasteiger partial charge on any atom is -0.497 e. The average Bonchev–Trinajstić information content (AvgIpc) is 3.60. The highest BCUT2D eigenvalue weighted by atomic mass is 32.1. The molecule has 0 fully saturated rings. The summed E-state index contributed by atoms with van der Waals surface area (Å²) >= 11 is 1.41. The van der Waals surface area contributed by atoms with Crippen LogP contribution in [0.25, 0.3) is 11.3 Å². The number of benzene rings is 2. The van der Waals surface area contributed by atoms with Crippen molar-refractivity contribution in [2.24, 2.45) is 0 Å². The number of thiophene rings is 1. The molecule has 2 aromatic carbocycles. The molecule has 4 aromatic rings. The minimum atomic E-state index is -0.0661. The van der Waals surface area contributed by atoms with Gasteiger partial charge in [0.2, 0.25) is 6.79 Å². The predicted molar refractivity (Wildman–Crippen MR) is 119 cm³/mol. The fraction of sp³-hybridized carbons (Fsp3) is 0.167. The molecule has 0 aliphatic carbocycles. The van der Waals surface area contributed by atoms with Crippen molar-refractivity contribution in [3.05, 3.63) is 82.2 Å². The van der Waals surface area contributed by atoms with Gasteiger partial charge in [-0.05, 0) is 41.3 Å². The number of carbonyl (C=O) groups excluding carboxylic acids is 1. The maximum Gasteiger partial charge on any atom is 0.264 e. The Kier molecular flexibility index (Phi) is 5.51. The van der Waals surface area contributed by atoms with Crippen LogP contribution in [0.2, 0.25) is 0 Å². The van der Waals surface area contributed by atoms with Crippen molar-refractivity contribution in [3.63, 3.8) is 0 Å². The molecule has 1 aliphatic rings. The molecule has 3 heterocycles. The van der Waals surface area contributed by atoms with Gasteiger partial charge in [0, 0.05) is 18.2 Å². The Morgan fingerprint density at radius 3 is 2.81 bits per heavy atom. The molecular formula is C24H20N2O5S. The summed E-state index contributed by atoms with van der Waals surface area (Å²) in [4.78, 5) is 15.6. The van der Waals surface area contributed by atoms with Crippen molar-refractivity contribution >= 4 is 17.2 Å². The summed E-state index contributed by atoms with van der Waals surface area (Å²) in [6.45, 7) is 0.913. The smallest absolute Gasteiger partial charge is 0.264 e. The van der Waals surface area contributed by atoms with Gasteiger partial charge in [0.05, 0.1) is 18.5 Å². The van der Waals surface area contributed by atoms with E-state index in [1.54, 1.807) is 12.0 Å². The minimum absolute atomic E-state index is 0.0661. The summed E-state index contributed by atoms with van der Waals surface area (Å²) < 4.78 is 21.7. The second kappa shape index (κ2) is 8.76. The van der Waals surface area contributed by atoms with Crippen molar-refractivity contribution in [2.75, 3.05) is 13.9 Å². The zero-order valence-electron chi connectivity index (χ0n) is 17.3. The van der Waals surface area contributed by atoms with Crippen LogP contribution in [-0.2, 0) is 13.1 Å². The number of rotatable bonds is 7. The zero-order chi connectivity index (χ0) is 21.9. The Hall–Kier alpha value is -3.78. The normalized spacial score (nSPS) is 12.0. The van der Waals surface area contributed by atoms with Crippen LogP contribution in [0.5, 0.6) is 17.2 Å². The third-order valence-corrected chi connectivity index (χ3v) is 5.95. The second-order valence-electron chi connectivity index (χ2n) is 7.24. The number of ether oxygens (including phenoxy) is 3. The highest BCUT2D eigenvalue weighted by Crippen LogP contribution is 2.33. The number of hydrogen-bond acceptors (Lipinski definition) is 7. The molecule has 0 unspecified atom stereocenters. The highest BCUT2D eigenvalue weighted by Gasteiger charge is 2.21. The lowest BCUT2D eigenvalue weighted by atomic mass is 10.1. The number of aromatic nitrogens is 1. The maximum absolute atomic E-state index is 13.2. The lowest BCUT2D eigenvalue weighted by molar-refractivity contribution is 0.0731. The van der Waals surface area contributed by atoms with Gasteiger partial charge in [-0.15, -0.1) is 11.3 Å². The predicted octanol–water partition coefficient (Wildman–Crippen LogP) is 4.98. The van der Waals surface area contributed by atoms with Gasteiger partial charge < -0.3 is 23.6 Å². The molecule has 0 saturated heterocycles. The van der Waals surface area contributed by atoms with E-state index < -0.39 is 0 Å². The molecule has 0 radical (unpaired) electrons. The molecule has 1 amide bonds. The number of amides is 1. The molecule has 0 N–H and O–H groups in total. The molecule has 0 atom stereocenters. The Morgan fingerprint density at radius 1 is 1.06 bits per heavy atom. The lowest BCUT2D eigenvalue weighted by Gasteiger charge is -2.21. The van der Waals surface area contributed by atoms with E-state index in [9.17, 15) is 4.79 Å². The topological polar surface area (TPSA) is 74.0 Å². The van der Waals surface area contributed by atoms with Crippen LogP contribution < -0.4 is 14.2 Å². The number of nitrogens with zero attached hydrogens (tertiary/aromatic N) is 2. The summed E-state index contributed by atoms with van der Waals surface area (Å²) in [7, 11) is 1.62. The lowest BCUT2D eigenvalue weighted by Crippen LogP contribution is -2.29. The van der Waals surface area contributed by atoms with Crippen molar-refractivity contribution in [3.8, 4) is 28.6 Å². The van der Waals surface area contributed by atoms with Crippen LogP contribution >= 0.6 is 11.3 Å². The van der Waals surface area contributed by atoms with Gasteiger partial charge in [0.15, 0.2) is 17.3 Å². The van der Waals surface area contributed by atoms with E-state index in [0.717, 1.165) is 16.9 Å². The molecule has 0 bridgehead atoms. The Labute approximate surface area is 188 Å². The van der Waals surface area contributed by atoms with Crippen LogP contribution in [0.3, 0.4) is 0 Å². The molecule has 1 aliphatic heterocycles. The largest absolute Gasteiger partial charge is 0.497 e. The van der Waals surface area contributed by atoms with Gasteiger partial charge >= 0.3 is 0 Å². The van der Waals surface area contributed by atoms with Crippen molar-refractivity contribution < 1.29 is 23.5 Å². The number of methoxy groups -OCH3 is 1. The summed E-state index contributed by atoms with van der Waals surface area (Å²) in [5, 5.41) is 6.09. The summed E-state index contributed by atoms with van der Waals surface area (Å²) in [6, 6.07) is 18.8. The number of fused-ring (bicyclic) bond motifs is 1. The van der Waals surface area contributed by atoms with E-state index in [1.165, 1.54) is 11.3 Å². The summed E-state index contributed by atoms with van der Waals surface area (Å²) in [6.07, 6.45) is 0. The van der Waals surface area contributed by atoms with Crippen molar-refractivity contribution in [2.45, 2.75) is 13.1 Å². The van der Waals surface area contributed by atoms with Crippen molar-refractivity contribution in [1.29, 1.82) is 0 Å². The molecule has 0 saturated carbocycles. The van der Waals surface area contributed by atoms with Crippen LogP contribution in [-0.4, -0.2) is 29.9 Å². The van der Waals surface area contributed by atoms with E-state index in [4.69, 9.17) is 18.7 Å². The Balaban J connectivity index is 1.40. The molecular weight excluding hydrogens is 428 g/mol. The van der Waals surface area contributed by atoms with Crippen LogP contribution in [0.15, 0.2) is 70.6 Å². The second-order valence-corrected chi connectivity index (χ2v) is 8.19. The summed E-state index contributed by atoms with van der Waals surface area (Å²) in [5.41, 5.74) is 2.46. The van der Waals surface area contributed by atoms with Crippen molar-refractivity contribution in [1.82, 2.24) is 10.1 Å². The maximum atomic E-state index is 13.2. The van der Waals surface area contributed by atoms with E-state index in [0.29, 0.717) is 40.9 Å². The average molecular weight is 449 g/mol. The van der Waals surface area contributed by atoms with Gasteiger partial charge in [-0.2, -0.15) is 0 Å². The Bertz CT molecular complexity index is 1230. The first-order valence-corrected chi connectivity index (χ1v) is 10.9. The van der Waals surface area contributed by atoms with E-state index in [1.807, 2.05) is 66.0 Å². The van der Waals surface area contributed by atoms with E-state index in [2.05, 4.69) is 5.16 Å². The summed E-state index contributed by atoms with van der Waals surface area (Å²) in [5.74, 6) is 2.68. The van der Waals surface area contributed by atoms with Gasteiger partial charge in [-0.3, -0.25) is 4.79 Å². The molecule has 5 rings (SSSR count). The highest BCUT2D eigenvalue weighted by molar-refractivity contribution is 7.12. The first-order chi connectivity index (χ1) is 15.7. The van der Waals surface area contributed by atoms with Crippen LogP contribution in [0, 0.1) is 0 Å². The molecule has 0 spiro atoms. The molecule has 2 aromatic heterocycles. The van der Waals surface area contributed by atoms with E-state index in [-0.39, 0.29) is 12.7 Å². The fourth-order valence-electron chi connectivity index (χ4n) is 3.51. The first-order valence-electron chi connectivity index (χ1n) is 10.0. The Morgan fingerprint density at radius 2 is 1.97 bits per heavy atom. The molecule has 32 heavy (non-hydrogen) atoms. The standard InChI is InChI=1S/C24H20N2O5S/c1-28-19-5-2-4-17(11-19)21-12-18(25-31-21)14-26(24(27)23-6-3-9-32-23)13-16-7-8-20-22(10-16)30-15-29-20/h2-12H,13-15H2,1H3. The first kappa shape index (κ1) is 20.1. The third-order valence-electron chi connectivity index (χ3n) is 5.10. The number of carbonyl (C=O) groups is 1. The molecule has 7 nitrogen and oxygen atoms in total. The van der Waals surface area contributed by atoms with Gasteiger partial charge in [-0.1, -0.05) is 29.4 Å². The quantitative estimate of drug-likeness (QED) is 0.397. The number of hydrogen-bond donors (Lipinski definition) is 0. The molecule has 162 valence electrons. The van der Waals surface area contributed by atoms with Crippen LogP contribution in [0.1, 0.15) is 20.9 Å². The van der Waals surface area contributed by atoms with Crippen LogP contribution in [0.4, 0.5) is 0 Å². The monoisotopic (exact) mass is 448 g/mol. The fourth-order valence-corrected chi connectivity index (χ4v) is 4.20. The van der Waals surface area contributed by atoms with Gasteiger partial charge in [0.1, 0.15) is 11.4 Å². The third kappa shape index (κ3) is 4.17.